The van der Waals surface area contributed by atoms with Crippen LogP contribution in [0.4, 0.5) is 0 Å². The van der Waals surface area contributed by atoms with Crippen LogP contribution in [0.25, 0.3) is 17.8 Å². The minimum Gasteiger partial charge on any atom is -0.197 e. The summed E-state index contributed by atoms with van der Waals surface area (Å²) in [5.41, 5.74) is 3.48. The fourth-order valence-corrected chi connectivity index (χ4v) is 2.88. The number of aromatic nitrogens is 3. The summed E-state index contributed by atoms with van der Waals surface area (Å²) in [5, 5.41) is 4.79. The average Bonchev–Trinajstić information content (AvgIpc) is 3.11. The van der Waals surface area contributed by atoms with Crippen LogP contribution >= 0.6 is 0 Å². The van der Waals surface area contributed by atoms with Crippen molar-refractivity contribution >= 4 is 12.2 Å². The smallest absolute Gasteiger partial charge is 0.197 e. The molecular formula is C23H20N3+. The standard InChI is InChI=1S/C23H20N3/c1-4-10-20(11-5-1)16-17-23-24-25(18-21-12-6-2-7-13-21)19-26(23)22-14-8-3-9-15-22/h1-17,19H,18H2/q+1/b17-16+. The third-order valence-electron chi connectivity index (χ3n) is 4.17. The van der Waals surface area contributed by atoms with Gasteiger partial charge in [-0.1, -0.05) is 78.9 Å². The van der Waals surface area contributed by atoms with E-state index in [-0.39, 0.29) is 0 Å². The van der Waals surface area contributed by atoms with Crippen molar-refractivity contribution in [3.05, 3.63) is 114 Å². The Hall–Kier alpha value is -3.46. The molecule has 0 amide bonds. The fourth-order valence-electron chi connectivity index (χ4n) is 2.88. The van der Waals surface area contributed by atoms with Crippen LogP contribution in [0.3, 0.4) is 0 Å². The Kier molecular flexibility index (Phi) is 4.70. The molecule has 1 aromatic heterocycles. The molecule has 0 aliphatic rings. The minimum absolute atomic E-state index is 0.743. The summed E-state index contributed by atoms with van der Waals surface area (Å²) >= 11 is 0. The first kappa shape index (κ1) is 16.0. The zero-order valence-corrected chi connectivity index (χ0v) is 14.4. The average molecular weight is 338 g/mol. The van der Waals surface area contributed by atoms with Gasteiger partial charge in [0, 0.05) is 11.2 Å². The molecule has 3 nitrogen and oxygen atoms in total. The minimum atomic E-state index is 0.743. The zero-order chi connectivity index (χ0) is 17.6. The van der Waals surface area contributed by atoms with Crippen LogP contribution in [0.1, 0.15) is 17.0 Å². The highest BCUT2D eigenvalue weighted by atomic mass is 15.4. The summed E-state index contributed by atoms with van der Waals surface area (Å²) in [6.07, 6.45) is 6.20. The summed E-state index contributed by atoms with van der Waals surface area (Å²) in [5.74, 6) is 0.899. The molecule has 4 aromatic rings. The predicted molar refractivity (Wildman–Crippen MR) is 105 cm³/mol. The van der Waals surface area contributed by atoms with Gasteiger partial charge in [-0.2, -0.15) is 4.57 Å². The van der Waals surface area contributed by atoms with Crippen LogP contribution in [0.2, 0.25) is 0 Å². The Morgan fingerprint density at radius 1 is 0.731 bits per heavy atom. The molecule has 0 spiro atoms. The molecule has 126 valence electrons. The SMILES string of the molecule is C(=C\c1nn(Cc2ccccc2)c[n+]1-c1ccccc1)/c1ccccc1. The number of hydrogen-bond donors (Lipinski definition) is 0. The first-order valence-corrected chi connectivity index (χ1v) is 8.70. The second kappa shape index (κ2) is 7.62. The quantitative estimate of drug-likeness (QED) is 0.495. The normalized spacial score (nSPS) is 11.1. The van der Waals surface area contributed by atoms with Gasteiger partial charge in [-0.25, -0.2) is 0 Å². The highest BCUT2D eigenvalue weighted by Gasteiger charge is 2.16. The number of rotatable bonds is 5. The molecule has 0 aliphatic heterocycles. The topological polar surface area (TPSA) is 21.7 Å². The Morgan fingerprint density at radius 2 is 1.35 bits per heavy atom. The lowest BCUT2D eigenvalue weighted by molar-refractivity contribution is -0.598. The van der Waals surface area contributed by atoms with Crippen molar-refractivity contribution in [1.82, 2.24) is 9.78 Å². The molecule has 0 saturated heterocycles. The van der Waals surface area contributed by atoms with Gasteiger partial charge in [0.1, 0.15) is 12.2 Å². The van der Waals surface area contributed by atoms with Gasteiger partial charge < -0.3 is 0 Å². The van der Waals surface area contributed by atoms with Gasteiger partial charge in [-0.15, -0.1) is 4.68 Å². The molecule has 3 aromatic carbocycles. The van der Waals surface area contributed by atoms with E-state index in [1.807, 2.05) is 53.5 Å². The highest BCUT2D eigenvalue weighted by molar-refractivity contribution is 5.65. The van der Waals surface area contributed by atoms with Crippen molar-refractivity contribution in [1.29, 1.82) is 0 Å². The summed E-state index contributed by atoms with van der Waals surface area (Å²) in [4.78, 5) is 0. The van der Waals surface area contributed by atoms with Crippen molar-refractivity contribution in [3.63, 3.8) is 0 Å². The van der Waals surface area contributed by atoms with Crippen LogP contribution < -0.4 is 4.57 Å². The molecule has 4 rings (SSSR count). The molecule has 0 saturated carbocycles. The van der Waals surface area contributed by atoms with Crippen molar-refractivity contribution in [2.45, 2.75) is 6.54 Å². The lowest BCUT2D eigenvalue weighted by Crippen LogP contribution is -2.31. The van der Waals surface area contributed by atoms with Crippen LogP contribution in [0.15, 0.2) is 97.3 Å². The summed E-state index contributed by atoms with van der Waals surface area (Å²) < 4.78 is 4.09. The van der Waals surface area contributed by atoms with Gasteiger partial charge in [0.15, 0.2) is 0 Å². The molecule has 0 atom stereocenters. The van der Waals surface area contributed by atoms with Crippen LogP contribution in [0, 0.1) is 0 Å². The Balaban J connectivity index is 1.70. The lowest BCUT2D eigenvalue weighted by Gasteiger charge is -1.97. The number of hydrogen-bond acceptors (Lipinski definition) is 1. The molecule has 0 unspecified atom stereocenters. The van der Waals surface area contributed by atoms with Crippen LogP contribution in [0.5, 0.6) is 0 Å². The molecular weight excluding hydrogens is 318 g/mol. The van der Waals surface area contributed by atoms with Gasteiger partial charge in [0.2, 0.25) is 6.33 Å². The maximum absolute atomic E-state index is 4.79. The summed E-state index contributed by atoms with van der Waals surface area (Å²) in [7, 11) is 0. The molecule has 3 heteroatoms. The molecule has 26 heavy (non-hydrogen) atoms. The molecule has 0 bridgehead atoms. The van der Waals surface area contributed by atoms with Crippen molar-refractivity contribution in [3.8, 4) is 5.69 Å². The first-order chi connectivity index (χ1) is 12.9. The number of para-hydroxylation sites is 1. The fraction of sp³-hybridized carbons (Fsp3) is 0.0435. The number of benzene rings is 3. The van der Waals surface area contributed by atoms with E-state index in [2.05, 4.69) is 65.3 Å². The third-order valence-corrected chi connectivity index (χ3v) is 4.17. The second-order valence-electron chi connectivity index (χ2n) is 6.11. The van der Waals surface area contributed by atoms with Crippen molar-refractivity contribution in [2.24, 2.45) is 0 Å². The van der Waals surface area contributed by atoms with Crippen LogP contribution in [-0.2, 0) is 6.54 Å². The maximum Gasteiger partial charge on any atom is 0.306 e. The Morgan fingerprint density at radius 3 is 2.04 bits per heavy atom. The largest absolute Gasteiger partial charge is 0.306 e. The second-order valence-corrected chi connectivity index (χ2v) is 6.11. The molecule has 0 fully saturated rings. The van der Waals surface area contributed by atoms with Gasteiger partial charge in [-0.05, 0) is 29.3 Å². The molecule has 1 heterocycles. The van der Waals surface area contributed by atoms with E-state index in [1.165, 1.54) is 5.56 Å². The Bertz CT molecular complexity index is 988. The lowest BCUT2D eigenvalue weighted by atomic mass is 10.2. The van der Waals surface area contributed by atoms with E-state index in [9.17, 15) is 0 Å². The molecule has 0 aliphatic carbocycles. The van der Waals surface area contributed by atoms with Gasteiger partial charge in [0.25, 0.3) is 0 Å². The summed E-state index contributed by atoms with van der Waals surface area (Å²) in [6, 6.07) is 31.0. The predicted octanol–water partition coefficient (Wildman–Crippen LogP) is 4.38. The molecule has 0 radical (unpaired) electrons. The van der Waals surface area contributed by atoms with Crippen molar-refractivity contribution < 1.29 is 4.57 Å². The van der Waals surface area contributed by atoms with E-state index in [1.54, 1.807) is 0 Å². The van der Waals surface area contributed by atoms with Crippen molar-refractivity contribution in [2.75, 3.05) is 0 Å². The molecule has 0 N–H and O–H groups in total. The van der Waals surface area contributed by atoms with E-state index >= 15 is 0 Å². The first-order valence-electron chi connectivity index (χ1n) is 8.70. The Labute approximate surface area is 153 Å². The van der Waals surface area contributed by atoms with E-state index in [0.29, 0.717) is 0 Å². The van der Waals surface area contributed by atoms with E-state index < -0.39 is 0 Å². The third kappa shape index (κ3) is 3.78. The van der Waals surface area contributed by atoms with E-state index in [4.69, 9.17) is 5.10 Å². The van der Waals surface area contributed by atoms with Gasteiger partial charge in [-0.3, -0.25) is 0 Å². The van der Waals surface area contributed by atoms with Crippen LogP contribution in [-0.4, -0.2) is 9.78 Å². The monoisotopic (exact) mass is 338 g/mol. The zero-order valence-electron chi connectivity index (χ0n) is 14.4. The van der Waals surface area contributed by atoms with Gasteiger partial charge in [0.05, 0.1) is 0 Å². The number of nitrogens with zero attached hydrogens (tertiary/aromatic N) is 3. The van der Waals surface area contributed by atoms with Gasteiger partial charge >= 0.3 is 5.82 Å². The van der Waals surface area contributed by atoms with E-state index in [0.717, 1.165) is 23.6 Å². The summed E-state index contributed by atoms with van der Waals surface area (Å²) in [6.45, 7) is 0.743. The highest BCUT2D eigenvalue weighted by Crippen LogP contribution is 2.08. The maximum atomic E-state index is 4.79.